The van der Waals surface area contributed by atoms with Gasteiger partial charge in [0.15, 0.2) is 6.61 Å². The number of nitrogens with one attached hydrogen (secondary N) is 1. The van der Waals surface area contributed by atoms with E-state index in [-0.39, 0.29) is 12.4 Å². The average molecular weight is 301 g/mol. The fourth-order valence-electron chi connectivity index (χ4n) is 1.92. The Hall–Kier alpha value is -2.96. The number of hydrogen-bond acceptors (Lipinski definition) is 5. The highest BCUT2D eigenvalue weighted by atomic mass is 16.6. The molecule has 0 atom stereocenters. The summed E-state index contributed by atoms with van der Waals surface area (Å²) in [7, 11) is 0. The summed E-state index contributed by atoms with van der Waals surface area (Å²) in [4.78, 5) is 25.6. The molecule has 1 heterocycles. The number of anilines is 1. The topological polar surface area (TPSA) is 94.4 Å². The standard InChI is InChI=1S/C15H15N3O4/c1-10-5-6-12(11(2)8-10)17-14(19)9-22-13-4-3-7-16-15(13)18(20)21/h3-8H,9H2,1-2H3,(H,17,19). The molecule has 7 nitrogen and oxygen atoms in total. The van der Waals surface area contributed by atoms with Gasteiger partial charge in [-0.25, -0.2) is 0 Å². The molecule has 1 aromatic carbocycles. The van der Waals surface area contributed by atoms with Gasteiger partial charge in [-0.1, -0.05) is 17.7 Å². The Morgan fingerprint density at radius 2 is 2.14 bits per heavy atom. The van der Waals surface area contributed by atoms with Gasteiger partial charge in [-0.05, 0) is 47.5 Å². The van der Waals surface area contributed by atoms with Crippen LogP contribution >= 0.6 is 0 Å². The first kappa shape index (κ1) is 15.4. The van der Waals surface area contributed by atoms with Crippen LogP contribution in [0.5, 0.6) is 5.75 Å². The Kier molecular flexibility index (Phi) is 4.67. The molecule has 0 unspecified atom stereocenters. The molecule has 0 aliphatic heterocycles. The molecule has 1 aromatic heterocycles. The lowest BCUT2D eigenvalue weighted by atomic mass is 10.1. The zero-order chi connectivity index (χ0) is 16.1. The maximum absolute atomic E-state index is 11.9. The lowest BCUT2D eigenvalue weighted by molar-refractivity contribution is -0.390. The number of nitrogens with zero attached hydrogens (tertiary/aromatic N) is 2. The quantitative estimate of drug-likeness (QED) is 0.676. The van der Waals surface area contributed by atoms with Gasteiger partial charge in [0.1, 0.15) is 6.20 Å². The fourth-order valence-corrected chi connectivity index (χ4v) is 1.92. The Balaban J connectivity index is 2.00. The van der Waals surface area contributed by atoms with Gasteiger partial charge in [0.2, 0.25) is 5.75 Å². The van der Waals surface area contributed by atoms with Crippen LogP contribution in [0.1, 0.15) is 11.1 Å². The minimum atomic E-state index is -0.655. The summed E-state index contributed by atoms with van der Waals surface area (Å²) in [5, 5.41) is 13.5. The van der Waals surface area contributed by atoms with Gasteiger partial charge < -0.3 is 20.2 Å². The summed E-state index contributed by atoms with van der Waals surface area (Å²) in [5.74, 6) is -0.852. The molecule has 1 amide bonds. The lowest BCUT2D eigenvalue weighted by Crippen LogP contribution is -2.21. The van der Waals surface area contributed by atoms with Crippen molar-refractivity contribution in [2.24, 2.45) is 0 Å². The summed E-state index contributed by atoms with van der Waals surface area (Å²) >= 11 is 0. The zero-order valence-corrected chi connectivity index (χ0v) is 12.2. The van der Waals surface area contributed by atoms with Gasteiger partial charge >= 0.3 is 5.82 Å². The summed E-state index contributed by atoms with van der Waals surface area (Å²) in [6.07, 6.45) is 1.29. The predicted molar refractivity (Wildman–Crippen MR) is 80.9 cm³/mol. The largest absolute Gasteiger partial charge is 0.476 e. The van der Waals surface area contributed by atoms with Crippen LogP contribution < -0.4 is 10.1 Å². The number of carbonyl (C=O) groups excluding carboxylic acids is 1. The van der Waals surface area contributed by atoms with Crippen LogP contribution in [0.4, 0.5) is 11.5 Å². The van der Waals surface area contributed by atoms with E-state index in [1.807, 2.05) is 26.0 Å². The summed E-state index contributed by atoms with van der Waals surface area (Å²) < 4.78 is 5.18. The van der Waals surface area contributed by atoms with Crippen molar-refractivity contribution in [3.05, 3.63) is 57.8 Å². The first-order valence-electron chi connectivity index (χ1n) is 6.56. The number of hydrogen-bond donors (Lipinski definition) is 1. The Labute approximate surface area is 127 Å². The number of carbonyl (C=O) groups is 1. The Bertz CT molecular complexity index is 716. The first-order chi connectivity index (χ1) is 10.5. The molecule has 2 rings (SSSR count). The van der Waals surface area contributed by atoms with Crippen LogP contribution in [0, 0.1) is 24.0 Å². The van der Waals surface area contributed by atoms with Crippen LogP contribution in [0.15, 0.2) is 36.5 Å². The highest BCUT2D eigenvalue weighted by Gasteiger charge is 2.16. The van der Waals surface area contributed by atoms with E-state index in [1.54, 1.807) is 6.07 Å². The monoisotopic (exact) mass is 301 g/mol. The number of nitro groups is 1. The number of benzene rings is 1. The number of pyridine rings is 1. The van der Waals surface area contributed by atoms with E-state index in [0.29, 0.717) is 5.69 Å². The molecule has 0 bridgehead atoms. The summed E-state index contributed by atoms with van der Waals surface area (Å²) in [6, 6.07) is 8.53. The van der Waals surface area contributed by atoms with Crippen molar-refractivity contribution in [3.63, 3.8) is 0 Å². The second-order valence-electron chi connectivity index (χ2n) is 4.74. The van der Waals surface area contributed by atoms with Crippen LogP contribution in [0.2, 0.25) is 0 Å². The number of aryl methyl sites for hydroxylation is 2. The van der Waals surface area contributed by atoms with Gasteiger partial charge in [-0.2, -0.15) is 0 Å². The van der Waals surface area contributed by atoms with Gasteiger partial charge in [0.05, 0.1) is 0 Å². The normalized spacial score (nSPS) is 10.1. The molecule has 2 aromatic rings. The van der Waals surface area contributed by atoms with Gasteiger partial charge in [0, 0.05) is 5.69 Å². The van der Waals surface area contributed by atoms with Crippen LogP contribution in [-0.2, 0) is 4.79 Å². The fraction of sp³-hybridized carbons (Fsp3) is 0.200. The third kappa shape index (κ3) is 3.78. The van der Waals surface area contributed by atoms with E-state index < -0.39 is 16.6 Å². The highest BCUT2D eigenvalue weighted by molar-refractivity contribution is 5.92. The zero-order valence-electron chi connectivity index (χ0n) is 12.2. The third-order valence-corrected chi connectivity index (χ3v) is 2.94. The minimum absolute atomic E-state index is 0.0386. The van der Waals surface area contributed by atoms with Crippen LogP contribution in [0.25, 0.3) is 0 Å². The maximum Gasteiger partial charge on any atom is 0.406 e. The number of rotatable bonds is 5. The number of ether oxygens (including phenoxy) is 1. The lowest BCUT2D eigenvalue weighted by Gasteiger charge is -2.10. The van der Waals surface area contributed by atoms with Crippen molar-refractivity contribution >= 4 is 17.4 Å². The van der Waals surface area contributed by atoms with Gasteiger partial charge in [0.25, 0.3) is 5.91 Å². The SMILES string of the molecule is Cc1ccc(NC(=O)COc2cccnc2[N+](=O)[O-])c(C)c1. The molecule has 7 heteroatoms. The van der Waals surface area contributed by atoms with Crippen molar-refractivity contribution < 1.29 is 14.5 Å². The molecule has 0 fully saturated rings. The number of amides is 1. The van der Waals surface area contributed by atoms with Crippen molar-refractivity contribution in [3.8, 4) is 5.75 Å². The molecule has 114 valence electrons. The minimum Gasteiger partial charge on any atom is -0.476 e. The molecule has 0 saturated carbocycles. The van der Waals surface area contributed by atoms with Crippen molar-refractivity contribution in [1.82, 2.24) is 4.98 Å². The van der Waals surface area contributed by atoms with E-state index in [4.69, 9.17) is 4.74 Å². The third-order valence-electron chi connectivity index (χ3n) is 2.94. The van der Waals surface area contributed by atoms with E-state index in [2.05, 4.69) is 10.3 Å². The number of aromatic nitrogens is 1. The van der Waals surface area contributed by atoms with Gasteiger partial charge in [-0.15, -0.1) is 0 Å². The molecule has 0 saturated heterocycles. The first-order valence-corrected chi connectivity index (χ1v) is 6.56. The molecule has 0 spiro atoms. The second kappa shape index (κ2) is 6.66. The van der Waals surface area contributed by atoms with E-state index in [1.165, 1.54) is 18.3 Å². The smallest absolute Gasteiger partial charge is 0.406 e. The summed E-state index contributed by atoms with van der Waals surface area (Å²) in [6.45, 7) is 3.51. The maximum atomic E-state index is 11.9. The van der Waals surface area contributed by atoms with E-state index >= 15 is 0 Å². The van der Waals surface area contributed by atoms with Crippen LogP contribution in [0.3, 0.4) is 0 Å². The van der Waals surface area contributed by atoms with Crippen LogP contribution in [-0.4, -0.2) is 22.4 Å². The Morgan fingerprint density at radius 3 is 2.82 bits per heavy atom. The average Bonchev–Trinajstić information content (AvgIpc) is 2.48. The molecule has 1 N–H and O–H groups in total. The Morgan fingerprint density at radius 1 is 1.36 bits per heavy atom. The second-order valence-corrected chi connectivity index (χ2v) is 4.74. The van der Waals surface area contributed by atoms with Gasteiger partial charge in [-0.3, -0.25) is 4.79 Å². The predicted octanol–water partition coefficient (Wildman–Crippen LogP) is 2.62. The molecule has 0 radical (unpaired) electrons. The summed E-state index contributed by atoms with van der Waals surface area (Å²) in [5.41, 5.74) is 2.71. The molecule has 22 heavy (non-hydrogen) atoms. The molecule has 0 aliphatic carbocycles. The molecular formula is C15H15N3O4. The van der Waals surface area contributed by atoms with Crippen molar-refractivity contribution in [2.75, 3.05) is 11.9 Å². The highest BCUT2D eigenvalue weighted by Crippen LogP contribution is 2.23. The van der Waals surface area contributed by atoms with Crippen molar-refractivity contribution in [1.29, 1.82) is 0 Å². The molecular weight excluding hydrogens is 286 g/mol. The van der Waals surface area contributed by atoms with E-state index in [0.717, 1.165) is 11.1 Å². The van der Waals surface area contributed by atoms with Crippen molar-refractivity contribution in [2.45, 2.75) is 13.8 Å². The van der Waals surface area contributed by atoms with E-state index in [9.17, 15) is 14.9 Å². The molecule has 0 aliphatic rings.